The first-order chi connectivity index (χ1) is 9.92. The quantitative estimate of drug-likeness (QED) is 0.776. The molecule has 1 heterocycles. The summed E-state index contributed by atoms with van der Waals surface area (Å²) in [6, 6.07) is 11.8. The Morgan fingerprint density at radius 3 is 2.70 bits per heavy atom. The summed E-state index contributed by atoms with van der Waals surface area (Å²) in [5, 5.41) is 3.70. The van der Waals surface area contributed by atoms with E-state index in [4.69, 9.17) is 4.74 Å². The van der Waals surface area contributed by atoms with Crippen LogP contribution in [-0.4, -0.2) is 25.3 Å². The van der Waals surface area contributed by atoms with Crippen molar-refractivity contribution < 1.29 is 4.74 Å². The van der Waals surface area contributed by atoms with Gasteiger partial charge in [-0.15, -0.1) is 0 Å². The highest BCUT2D eigenvalue weighted by Crippen LogP contribution is 2.26. The smallest absolute Gasteiger partial charge is 0.0576 e. The third kappa shape index (κ3) is 4.32. The molecule has 2 fully saturated rings. The van der Waals surface area contributed by atoms with Crippen molar-refractivity contribution in [3.05, 3.63) is 35.9 Å². The molecule has 0 bridgehead atoms. The van der Waals surface area contributed by atoms with Crippen LogP contribution in [0.3, 0.4) is 0 Å². The fourth-order valence-electron chi connectivity index (χ4n) is 3.17. The third-order valence-corrected chi connectivity index (χ3v) is 4.60. The molecule has 3 rings (SSSR count). The van der Waals surface area contributed by atoms with E-state index >= 15 is 0 Å². The maximum absolute atomic E-state index is 5.73. The van der Waals surface area contributed by atoms with Gasteiger partial charge in [-0.1, -0.05) is 36.8 Å². The second kappa shape index (κ2) is 7.24. The van der Waals surface area contributed by atoms with Crippen LogP contribution in [0.25, 0.3) is 0 Å². The van der Waals surface area contributed by atoms with E-state index in [2.05, 4.69) is 35.6 Å². The van der Waals surface area contributed by atoms with Crippen LogP contribution in [0, 0.1) is 0 Å². The first kappa shape index (κ1) is 14.1. The van der Waals surface area contributed by atoms with Crippen LogP contribution < -0.4 is 5.32 Å². The van der Waals surface area contributed by atoms with E-state index in [0.29, 0.717) is 12.0 Å². The molecule has 2 heteroatoms. The van der Waals surface area contributed by atoms with Crippen molar-refractivity contribution >= 4 is 0 Å². The topological polar surface area (TPSA) is 21.3 Å². The Balaban J connectivity index is 1.48. The molecule has 20 heavy (non-hydrogen) atoms. The Morgan fingerprint density at radius 2 is 2.00 bits per heavy atom. The zero-order valence-corrected chi connectivity index (χ0v) is 12.4. The van der Waals surface area contributed by atoms with E-state index in [0.717, 1.165) is 19.2 Å². The van der Waals surface area contributed by atoms with Crippen molar-refractivity contribution in [1.82, 2.24) is 5.32 Å². The Morgan fingerprint density at radius 1 is 1.15 bits per heavy atom. The standard InChI is InChI=1S/C18H27NO/c1-2-6-15(7-3-1)16(14-19-17-11-12-17)8-4-9-18-10-5-13-20-18/h1-3,6-7,16-19H,4-5,8-14H2. The van der Waals surface area contributed by atoms with E-state index in [1.165, 1.54) is 50.5 Å². The zero-order chi connectivity index (χ0) is 13.6. The molecule has 2 aliphatic rings. The summed E-state index contributed by atoms with van der Waals surface area (Å²) in [6.45, 7) is 2.12. The van der Waals surface area contributed by atoms with Crippen LogP contribution >= 0.6 is 0 Å². The minimum Gasteiger partial charge on any atom is -0.378 e. The van der Waals surface area contributed by atoms with Gasteiger partial charge in [0.2, 0.25) is 0 Å². The van der Waals surface area contributed by atoms with Crippen LogP contribution in [0.4, 0.5) is 0 Å². The molecule has 1 saturated carbocycles. The van der Waals surface area contributed by atoms with Gasteiger partial charge in [0.25, 0.3) is 0 Å². The first-order valence-electron chi connectivity index (χ1n) is 8.32. The lowest BCUT2D eigenvalue weighted by molar-refractivity contribution is 0.101. The Labute approximate surface area is 122 Å². The second-order valence-electron chi connectivity index (χ2n) is 6.36. The molecule has 0 radical (unpaired) electrons. The molecule has 0 spiro atoms. The maximum atomic E-state index is 5.73. The molecule has 1 N–H and O–H groups in total. The van der Waals surface area contributed by atoms with Crippen molar-refractivity contribution in [2.45, 2.75) is 63.0 Å². The van der Waals surface area contributed by atoms with Gasteiger partial charge in [-0.05, 0) is 50.0 Å². The summed E-state index contributed by atoms with van der Waals surface area (Å²) in [6.07, 6.45) is 9.64. The first-order valence-corrected chi connectivity index (χ1v) is 8.32. The number of rotatable bonds is 8. The number of hydrogen-bond donors (Lipinski definition) is 1. The predicted octanol–water partition coefficient (Wildman–Crippen LogP) is 3.87. The van der Waals surface area contributed by atoms with Gasteiger partial charge in [0.05, 0.1) is 6.10 Å². The lowest BCUT2D eigenvalue weighted by Gasteiger charge is -2.19. The van der Waals surface area contributed by atoms with E-state index in [9.17, 15) is 0 Å². The fraction of sp³-hybridized carbons (Fsp3) is 0.667. The minimum absolute atomic E-state index is 0.544. The van der Waals surface area contributed by atoms with Crippen molar-refractivity contribution in [2.75, 3.05) is 13.2 Å². The molecule has 2 nitrogen and oxygen atoms in total. The van der Waals surface area contributed by atoms with Gasteiger partial charge < -0.3 is 10.1 Å². The van der Waals surface area contributed by atoms with Crippen LogP contribution in [0.2, 0.25) is 0 Å². The van der Waals surface area contributed by atoms with E-state index in [1.54, 1.807) is 0 Å². The van der Waals surface area contributed by atoms with Gasteiger partial charge in [-0.3, -0.25) is 0 Å². The Kier molecular flexibility index (Phi) is 5.10. The predicted molar refractivity (Wildman–Crippen MR) is 83.0 cm³/mol. The highest BCUT2D eigenvalue weighted by atomic mass is 16.5. The molecule has 1 aliphatic carbocycles. The van der Waals surface area contributed by atoms with Crippen LogP contribution in [0.15, 0.2) is 30.3 Å². The zero-order valence-electron chi connectivity index (χ0n) is 12.4. The van der Waals surface area contributed by atoms with Crippen LogP contribution in [-0.2, 0) is 4.74 Å². The van der Waals surface area contributed by atoms with Gasteiger partial charge in [-0.25, -0.2) is 0 Å². The molecular weight excluding hydrogens is 246 g/mol. The summed E-state index contributed by atoms with van der Waals surface area (Å²) < 4.78 is 5.73. The summed E-state index contributed by atoms with van der Waals surface area (Å²) in [5.41, 5.74) is 1.49. The van der Waals surface area contributed by atoms with E-state index in [-0.39, 0.29) is 0 Å². The summed E-state index contributed by atoms with van der Waals surface area (Å²) in [4.78, 5) is 0. The third-order valence-electron chi connectivity index (χ3n) is 4.60. The molecule has 1 saturated heterocycles. The van der Waals surface area contributed by atoms with E-state index < -0.39 is 0 Å². The lowest BCUT2D eigenvalue weighted by Crippen LogP contribution is -2.23. The molecule has 110 valence electrons. The lowest BCUT2D eigenvalue weighted by atomic mass is 9.92. The van der Waals surface area contributed by atoms with Gasteiger partial charge in [0, 0.05) is 19.2 Å². The normalized spacial score (nSPS) is 23.9. The SMILES string of the molecule is c1ccc(C(CCCC2CCCO2)CNC2CC2)cc1. The van der Waals surface area contributed by atoms with Crippen molar-refractivity contribution in [1.29, 1.82) is 0 Å². The summed E-state index contributed by atoms with van der Waals surface area (Å²) in [7, 11) is 0. The molecule has 0 amide bonds. The van der Waals surface area contributed by atoms with E-state index in [1.807, 2.05) is 0 Å². The van der Waals surface area contributed by atoms with Gasteiger partial charge in [0.15, 0.2) is 0 Å². The van der Waals surface area contributed by atoms with Crippen LogP contribution in [0.5, 0.6) is 0 Å². The minimum atomic E-state index is 0.544. The summed E-state index contributed by atoms with van der Waals surface area (Å²) >= 11 is 0. The van der Waals surface area contributed by atoms with Crippen molar-refractivity contribution in [2.24, 2.45) is 0 Å². The molecule has 1 aromatic carbocycles. The number of nitrogens with one attached hydrogen (secondary N) is 1. The highest BCUT2D eigenvalue weighted by molar-refractivity contribution is 5.20. The second-order valence-corrected chi connectivity index (χ2v) is 6.36. The number of benzene rings is 1. The molecular formula is C18H27NO. The van der Waals surface area contributed by atoms with Crippen LogP contribution in [0.1, 0.15) is 56.4 Å². The molecule has 1 aliphatic heterocycles. The fourth-order valence-corrected chi connectivity index (χ4v) is 3.17. The highest BCUT2D eigenvalue weighted by Gasteiger charge is 2.23. The van der Waals surface area contributed by atoms with Gasteiger partial charge in [0.1, 0.15) is 0 Å². The maximum Gasteiger partial charge on any atom is 0.0576 e. The average molecular weight is 273 g/mol. The summed E-state index contributed by atoms with van der Waals surface area (Å²) in [5.74, 6) is 0.665. The average Bonchev–Trinajstić information content (AvgIpc) is 3.18. The monoisotopic (exact) mass is 273 g/mol. The van der Waals surface area contributed by atoms with Crippen molar-refractivity contribution in [3.8, 4) is 0 Å². The van der Waals surface area contributed by atoms with Gasteiger partial charge >= 0.3 is 0 Å². The Bertz CT molecular complexity index is 382. The van der Waals surface area contributed by atoms with Crippen molar-refractivity contribution in [3.63, 3.8) is 0 Å². The largest absolute Gasteiger partial charge is 0.378 e. The number of ether oxygens (including phenoxy) is 1. The molecule has 1 aromatic rings. The number of hydrogen-bond acceptors (Lipinski definition) is 2. The molecule has 2 unspecified atom stereocenters. The molecule has 2 atom stereocenters. The van der Waals surface area contributed by atoms with Gasteiger partial charge in [-0.2, -0.15) is 0 Å². The Hall–Kier alpha value is -0.860. The molecule has 0 aromatic heterocycles.